The molecule has 0 aliphatic carbocycles. The van der Waals surface area contributed by atoms with Gasteiger partial charge in [-0.15, -0.1) is 0 Å². The summed E-state index contributed by atoms with van der Waals surface area (Å²) >= 11 is 0. The first kappa shape index (κ1) is 17.2. The number of nitrogens with zero attached hydrogens (tertiary/aromatic N) is 1. The first-order valence-electron chi connectivity index (χ1n) is 7.93. The summed E-state index contributed by atoms with van der Waals surface area (Å²) < 4.78 is 36.6. The quantitative estimate of drug-likeness (QED) is 0.903. The van der Waals surface area contributed by atoms with E-state index in [4.69, 9.17) is 9.47 Å². The smallest absolute Gasteiger partial charge is 0.262 e. The van der Waals surface area contributed by atoms with Gasteiger partial charge >= 0.3 is 0 Å². The lowest BCUT2D eigenvalue weighted by atomic mass is 10.2. The Bertz CT molecular complexity index is 749. The number of ether oxygens (including phenoxy) is 2. The van der Waals surface area contributed by atoms with E-state index in [9.17, 15) is 13.6 Å². The number of rotatable bonds is 5. The molecular formula is C18H18F2N2O3. The molecule has 0 spiro atoms. The molecule has 7 heteroatoms. The van der Waals surface area contributed by atoms with Crippen LogP contribution in [0.15, 0.2) is 42.5 Å². The molecule has 0 bridgehead atoms. The van der Waals surface area contributed by atoms with E-state index >= 15 is 0 Å². The van der Waals surface area contributed by atoms with Crippen LogP contribution in [0, 0.1) is 11.6 Å². The van der Waals surface area contributed by atoms with Crippen LogP contribution >= 0.6 is 0 Å². The van der Waals surface area contributed by atoms with Crippen molar-refractivity contribution < 1.29 is 23.0 Å². The molecule has 3 rings (SSSR count). The second-order valence-corrected chi connectivity index (χ2v) is 5.53. The number of morpholine rings is 1. The SMILES string of the molecule is O=C(COc1ccc(F)c(F)c1)Nc1ccccc1N1CCOCC1. The fraction of sp³-hybridized carbons (Fsp3) is 0.278. The van der Waals surface area contributed by atoms with Crippen LogP contribution in [0.2, 0.25) is 0 Å². The van der Waals surface area contributed by atoms with Crippen LogP contribution in [0.1, 0.15) is 0 Å². The minimum atomic E-state index is -1.02. The van der Waals surface area contributed by atoms with Gasteiger partial charge in [-0.2, -0.15) is 0 Å². The average Bonchev–Trinajstić information content (AvgIpc) is 2.64. The van der Waals surface area contributed by atoms with Crippen molar-refractivity contribution in [3.63, 3.8) is 0 Å². The standard InChI is InChI=1S/C18H18F2N2O3/c19-14-6-5-13(11-15(14)20)25-12-18(23)21-16-3-1-2-4-17(16)22-7-9-24-10-8-22/h1-6,11H,7-10,12H2,(H,21,23). The lowest BCUT2D eigenvalue weighted by Gasteiger charge is -2.30. The Labute approximate surface area is 144 Å². The van der Waals surface area contributed by atoms with E-state index in [-0.39, 0.29) is 18.3 Å². The number of nitrogens with one attached hydrogen (secondary N) is 1. The highest BCUT2D eigenvalue weighted by molar-refractivity contribution is 5.95. The second-order valence-electron chi connectivity index (χ2n) is 5.53. The van der Waals surface area contributed by atoms with Crippen LogP contribution in [0.5, 0.6) is 5.75 Å². The predicted molar refractivity (Wildman–Crippen MR) is 90.0 cm³/mol. The summed E-state index contributed by atoms with van der Waals surface area (Å²) in [5.74, 6) is -2.27. The van der Waals surface area contributed by atoms with Crippen molar-refractivity contribution in [1.29, 1.82) is 0 Å². The Balaban J connectivity index is 1.61. The normalized spacial score (nSPS) is 14.2. The highest BCUT2D eigenvalue weighted by Crippen LogP contribution is 2.26. The van der Waals surface area contributed by atoms with Gasteiger partial charge in [0.15, 0.2) is 18.2 Å². The van der Waals surface area contributed by atoms with Crippen molar-refractivity contribution in [1.82, 2.24) is 0 Å². The fourth-order valence-electron chi connectivity index (χ4n) is 2.56. The Morgan fingerprint density at radius 3 is 2.64 bits per heavy atom. The molecule has 2 aromatic carbocycles. The predicted octanol–water partition coefficient (Wildman–Crippen LogP) is 2.82. The molecule has 1 aliphatic heterocycles. The topological polar surface area (TPSA) is 50.8 Å². The maximum atomic E-state index is 13.1. The summed E-state index contributed by atoms with van der Waals surface area (Å²) in [4.78, 5) is 14.3. The minimum Gasteiger partial charge on any atom is -0.484 e. The summed E-state index contributed by atoms with van der Waals surface area (Å²) in [5.41, 5.74) is 1.58. The number of anilines is 2. The maximum absolute atomic E-state index is 13.1. The van der Waals surface area contributed by atoms with Crippen LogP contribution in [-0.2, 0) is 9.53 Å². The van der Waals surface area contributed by atoms with Gasteiger partial charge in [-0.25, -0.2) is 8.78 Å². The van der Waals surface area contributed by atoms with Gasteiger partial charge in [0.1, 0.15) is 5.75 Å². The molecule has 1 heterocycles. The van der Waals surface area contributed by atoms with Gasteiger partial charge in [-0.1, -0.05) is 12.1 Å². The van der Waals surface area contributed by atoms with Crippen molar-refractivity contribution in [2.45, 2.75) is 0 Å². The average molecular weight is 348 g/mol. The monoisotopic (exact) mass is 348 g/mol. The molecule has 1 fully saturated rings. The summed E-state index contributed by atoms with van der Waals surface area (Å²) in [5, 5.41) is 2.79. The van der Waals surface area contributed by atoms with Crippen LogP contribution in [0.3, 0.4) is 0 Å². The van der Waals surface area contributed by atoms with Crippen molar-refractivity contribution in [2.75, 3.05) is 43.1 Å². The highest BCUT2D eigenvalue weighted by atomic mass is 19.2. The van der Waals surface area contributed by atoms with Crippen LogP contribution < -0.4 is 15.0 Å². The number of carbonyl (C=O) groups excluding carboxylic acids is 1. The molecule has 0 aromatic heterocycles. The number of halogens is 2. The third-order valence-corrected chi connectivity index (χ3v) is 3.79. The van der Waals surface area contributed by atoms with E-state index in [0.29, 0.717) is 18.9 Å². The summed E-state index contributed by atoms with van der Waals surface area (Å²) in [6.45, 7) is 2.47. The van der Waals surface area contributed by atoms with E-state index in [0.717, 1.165) is 30.9 Å². The molecule has 5 nitrogen and oxygen atoms in total. The molecular weight excluding hydrogens is 330 g/mol. The van der Waals surface area contributed by atoms with Gasteiger partial charge in [0.05, 0.1) is 24.6 Å². The van der Waals surface area contributed by atoms with Gasteiger partial charge in [-0.05, 0) is 24.3 Å². The highest BCUT2D eigenvalue weighted by Gasteiger charge is 2.16. The zero-order valence-electron chi connectivity index (χ0n) is 13.5. The van der Waals surface area contributed by atoms with Crippen molar-refractivity contribution >= 4 is 17.3 Å². The molecule has 2 aromatic rings. The molecule has 1 saturated heterocycles. The first-order valence-corrected chi connectivity index (χ1v) is 7.93. The largest absolute Gasteiger partial charge is 0.484 e. The van der Waals surface area contributed by atoms with E-state index < -0.39 is 11.6 Å². The van der Waals surface area contributed by atoms with Crippen LogP contribution in [-0.4, -0.2) is 38.8 Å². The Morgan fingerprint density at radius 1 is 1.12 bits per heavy atom. The molecule has 1 amide bonds. The van der Waals surface area contributed by atoms with Crippen molar-refractivity contribution in [3.8, 4) is 5.75 Å². The fourth-order valence-corrected chi connectivity index (χ4v) is 2.56. The number of carbonyl (C=O) groups is 1. The van der Waals surface area contributed by atoms with Gasteiger partial charge < -0.3 is 19.7 Å². The van der Waals surface area contributed by atoms with Crippen molar-refractivity contribution in [3.05, 3.63) is 54.1 Å². The molecule has 0 saturated carbocycles. The van der Waals surface area contributed by atoms with E-state index in [1.807, 2.05) is 18.2 Å². The number of amides is 1. The summed E-state index contributed by atoms with van der Waals surface area (Å²) in [6, 6.07) is 10.6. The molecule has 0 radical (unpaired) electrons. The lowest BCUT2D eigenvalue weighted by Crippen LogP contribution is -2.37. The van der Waals surface area contributed by atoms with E-state index in [2.05, 4.69) is 10.2 Å². The number of hydrogen-bond donors (Lipinski definition) is 1. The number of benzene rings is 2. The molecule has 0 unspecified atom stereocenters. The summed E-state index contributed by atoms with van der Waals surface area (Å²) in [6.07, 6.45) is 0. The van der Waals surface area contributed by atoms with Crippen LogP contribution in [0.4, 0.5) is 20.2 Å². The third kappa shape index (κ3) is 4.45. The van der Waals surface area contributed by atoms with Crippen LogP contribution in [0.25, 0.3) is 0 Å². The molecule has 0 atom stereocenters. The molecule has 132 valence electrons. The first-order chi connectivity index (χ1) is 12.1. The number of para-hydroxylation sites is 2. The Kier molecular flexibility index (Phi) is 5.45. The third-order valence-electron chi connectivity index (χ3n) is 3.79. The zero-order chi connectivity index (χ0) is 17.6. The Hall–Kier alpha value is -2.67. The maximum Gasteiger partial charge on any atom is 0.262 e. The zero-order valence-corrected chi connectivity index (χ0v) is 13.5. The summed E-state index contributed by atoms with van der Waals surface area (Å²) in [7, 11) is 0. The van der Waals surface area contributed by atoms with E-state index in [1.54, 1.807) is 6.07 Å². The molecule has 1 aliphatic rings. The van der Waals surface area contributed by atoms with Gasteiger partial charge in [-0.3, -0.25) is 4.79 Å². The van der Waals surface area contributed by atoms with E-state index in [1.165, 1.54) is 6.07 Å². The second kappa shape index (κ2) is 7.94. The van der Waals surface area contributed by atoms with Gasteiger partial charge in [0.2, 0.25) is 0 Å². The Morgan fingerprint density at radius 2 is 1.88 bits per heavy atom. The minimum absolute atomic E-state index is 0.0931. The molecule has 25 heavy (non-hydrogen) atoms. The van der Waals surface area contributed by atoms with Gasteiger partial charge in [0.25, 0.3) is 5.91 Å². The molecule has 1 N–H and O–H groups in total. The number of hydrogen-bond acceptors (Lipinski definition) is 4. The van der Waals surface area contributed by atoms with Crippen molar-refractivity contribution in [2.24, 2.45) is 0 Å². The van der Waals surface area contributed by atoms with Gasteiger partial charge in [0, 0.05) is 19.2 Å². The lowest BCUT2D eigenvalue weighted by molar-refractivity contribution is -0.118.